The van der Waals surface area contributed by atoms with Gasteiger partial charge in [0.1, 0.15) is 5.75 Å². The fourth-order valence-corrected chi connectivity index (χ4v) is 7.16. The van der Waals surface area contributed by atoms with Gasteiger partial charge < -0.3 is 9.47 Å². The summed E-state index contributed by atoms with van der Waals surface area (Å²) in [5, 5.41) is 1.13. The number of fused-ring (bicyclic) bond motifs is 2. The molecular weight excluding hydrogens is 573 g/mol. The standard InChI is InChI=1S/C34H31Cl2NO3S/c1-21(2)26-17-24(22-14-15-27(35)28(36)18-22)19-40-34(26)23-8-7-9-25(16-23)39-20-33(38)37-29-10-3-5-12-31(29)41-32-13-6-4-11-30(32)37/h3-16,18,21,24,26,34H,17,19-20H2,1-2H3/t24-,26-,34-/m0/s1. The number of carbonyl (C=O) groups is 1. The van der Waals surface area contributed by atoms with Gasteiger partial charge in [-0.1, -0.05) is 91.3 Å². The number of anilines is 2. The molecule has 6 rings (SSSR count). The van der Waals surface area contributed by atoms with Crippen molar-refractivity contribution in [1.82, 2.24) is 0 Å². The molecule has 0 aliphatic carbocycles. The molecule has 0 aromatic heterocycles. The Morgan fingerprint density at radius 1 is 0.902 bits per heavy atom. The van der Waals surface area contributed by atoms with Crippen LogP contribution in [0.4, 0.5) is 11.4 Å². The van der Waals surface area contributed by atoms with E-state index in [1.807, 2.05) is 84.9 Å². The molecule has 4 aromatic rings. The third-order valence-electron chi connectivity index (χ3n) is 7.92. The van der Waals surface area contributed by atoms with Gasteiger partial charge in [-0.3, -0.25) is 9.69 Å². The number of hydrogen-bond acceptors (Lipinski definition) is 4. The average Bonchev–Trinajstić information content (AvgIpc) is 2.99. The normalized spacial score (nSPS) is 19.9. The summed E-state index contributed by atoms with van der Waals surface area (Å²) >= 11 is 14.1. The van der Waals surface area contributed by atoms with Crippen LogP contribution in [0.1, 0.15) is 43.4 Å². The number of benzene rings is 4. The molecule has 210 valence electrons. The van der Waals surface area contributed by atoms with Crippen LogP contribution in [-0.4, -0.2) is 19.1 Å². The Labute approximate surface area is 255 Å². The minimum Gasteiger partial charge on any atom is -0.484 e. The van der Waals surface area contributed by atoms with Crippen LogP contribution in [-0.2, 0) is 9.53 Å². The lowest BCUT2D eigenvalue weighted by Gasteiger charge is -2.39. The molecule has 2 aliphatic rings. The van der Waals surface area contributed by atoms with Crippen molar-refractivity contribution < 1.29 is 14.3 Å². The van der Waals surface area contributed by atoms with Gasteiger partial charge in [0.25, 0.3) is 5.91 Å². The zero-order valence-corrected chi connectivity index (χ0v) is 25.3. The van der Waals surface area contributed by atoms with Gasteiger partial charge in [0.05, 0.1) is 34.1 Å². The minimum absolute atomic E-state index is 0.0638. The number of hydrogen-bond donors (Lipinski definition) is 0. The molecule has 3 atom stereocenters. The molecule has 1 saturated heterocycles. The topological polar surface area (TPSA) is 38.8 Å². The molecule has 7 heteroatoms. The lowest BCUT2D eigenvalue weighted by molar-refractivity contribution is -0.119. The van der Waals surface area contributed by atoms with Gasteiger partial charge in [-0.15, -0.1) is 0 Å². The highest BCUT2D eigenvalue weighted by atomic mass is 35.5. The number of amides is 1. The van der Waals surface area contributed by atoms with E-state index in [1.54, 1.807) is 16.7 Å². The van der Waals surface area contributed by atoms with Crippen LogP contribution in [0.2, 0.25) is 10.0 Å². The minimum atomic E-state index is -0.117. The number of ether oxygens (including phenoxy) is 2. The molecule has 2 heterocycles. The first kappa shape index (κ1) is 28.2. The second-order valence-electron chi connectivity index (χ2n) is 10.9. The van der Waals surface area contributed by atoms with E-state index in [2.05, 4.69) is 19.9 Å². The Balaban J connectivity index is 1.18. The van der Waals surface area contributed by atoms with E-state index < -0.39 is 0 Å². The average molecular weight is 605 g/mol. The van der Waals surface area contributed by atoms with E-state index in [4.69, 9.17) is 32.7 Å². The SMILES string of the molecule is CC(C)[C@@H]1C[C@H](c2ccc(Cl)c(Cl)c2)CO[C@H]1c1cccc(OCC(=O)N2c3ccccc3Sc3ccccc32)c1. The van der Waals surface area contributed by atoms with Crippen molar-refractivity contribution in [3.8, 4) is 5.75 Å². The Morgan fingerprint density at radius 3 is 2.29 bits per heavy atom. The second kappa shape index (κ2) is 12.1. The molecule has 2 aliphatic heterocycles. The molecule has 0 bridgehead atoms. The van der Waals surface area contributed by atoms with E-state index in [9.17, 15) is 4.79 Å². The lowest BCUT2D eigenvalue weighted by atomic mass is 9.76. The molecule has 0 radical (unpaired) electrons. The maximum atomic E-state index is 13.6. The molecule has 4 nitrogen and oxygen atoms in total. The van der Waals surface area contributed by atoms with E-state index >= 15 is 0 Å². The first-order valence-electron chi connectivity index (χ1n) is 13.9. The Hall–Kier alpha value is -2.96. The summed E-state index contributed by atoms with van der Waals surface area (Å²) in [4.78, 5) is 17.5. The van der Waals surface area contributed by atoms with Crippen LogP contribution in [0.3, 0.4) is 0 Å². The van der Waals surface area contributed by atoms with E-state index in [0.717, 1.165) is 38.7 Å². The van der Waals surface area contributed by atoms with Crippen molar-refractivity contribution in [2.24, 2.45) is 11.8 Å². The fraction of sp³-hybridized carbons (Fsp3) is 0.265. The molecule has 0 unspecified atom stereocenters. The molecule has 1 fully saturated rings. The van der Waals surface area contributed by atoms with Crippen molar-refractivity contribution in [3.05, 3.63) is 112 Å². The van der Waals surface area contributed by atoms with Crippen molar-refractivity contribution in [2.45, 2.75) is 42.1 Å². The summed E-state index contributed by atoms with van der Waals surface area (Å²) in [5.41, 5.74) is 3.97. The maximum absolute atomic E-state index is 13.6. The van der Waals surface area contributed by atoms with Crippen molar-refractivity contribution >= 4 is 52.2 Å². The van der Waals surface area contributed by atoms with Gasteiger partial charge in [0.15, 0.2) is 6.61 Å². The quantitative estimate of drug-likeness (QED) is 0.220. The van der Waals surface area contributed by atoms with E-state index in [1.165, 1.54) is 0 Å². The maximum Gasteiger partial charge on any atom is 0.269 e. The van der Waals surface area contributed by atoms with E-state index in [-0.39, 0.29) is 24.5 Å². The van der Waals surface area contributed by atoms with Gasteiger partial charge in [-0.2, -0.15) is 0 Å². The Kier molecular flexibility index (Phi) is 8.32. The van der Waals surface area contributed by atoms with Crippen LogP contribution < -0.4 is 9.64 Å². The molecule has 1 amide bonds. The molecule has 4 aromatic carbocycles. The summed E-state index contributed by atoms with van der Waals surface area (Å²) < 4.78 is 12.6. The molecule has 0 spiro atoms. The third kappa shape index (κ3) is 5.87. The van der Waals surface area contributed by atoms with Crippen LogP contribution in [0.15, 0.2) is 101 Å². The van der Waals surface area contributed by atoms with Gasteiger partial charge in [-0.25, -0.2) is 0 Å². The van der Waals surface area contributed by atoms with Gasteiger partial charge in [0, 0.05) is 15.7 Å². The summed E-state index contributed by atoms with van der Waals surface area (Å²) in [7, 11) is 0. The summed E-state index contributed by atoms with van der Waals surface area (Å²) in [6, 6.07) is 29.8. The molecule has 0 N–H and O–H groups in total. The highest BCUT2D eigenvalue weighted by molar-refractivity contribution is 7.99. The molecule has 41 heavy (non-hydrogen) atoms. The highest BCUT2D eigenvalue weighted by Crippen LogP contribution is 2.48. The van der Waals surface area contributed by atoms with Gasteiger partial charge in [0.2, 0.25) is 0 Å². The third-order valence-corrected chi connectivity index (χ3v) is 9.79. The highest BCUT2D eigenvalue weighted by Gasteiger charge is 2.35. The van der Waals surface area contributed by atoms with Gasteiger partial charge in [-0.05, 0) is 77.9 Å². The number of nitrogens with zero attached hydrogens (tertiary/aromatic N) is 1. The lowest BCUT2D eigenvalue weighted by Crippen LogP contribution is -2.33. The number of rotatable bonds is 6. The predicted octanol–water partition coefficient (Wildman–Crippen LogP) is 9.72. The number of para-hydroxylation sites is 2. The first-order chi connectivity index (χ1) is 19.9. The smallest absolute Gasteiger partial charge is 0.269 e. The van der Waals surface area contributed by atoms with Crippen LogP contribution >= 0.6 is 35.0 Å². The first-order valence-corrected chi connectivity index (χ1v) is 15.4. The van der Waals surface area contributed by atoms with Crippen molar-refractivity contribution in [3.63, 3.8) is 0 Å². The largest absolute Gasteiger partial charge is 0.484 e. The van der Waals surface area contributed by atoms with Crippen LogP contribution in [0.5, 0.6) is 5.75 Å². The van der Waals surface area contributed by atoms with Crippen molar-refractivity contribution in [1.29, 1.82) is 0 Å². The molecular formula is C34H31Cl2NO3S. The summed E-state index contributed by atoms with van der Waals surface area (Å²) in [6.45, 7) is 5.00. The molecule has 0 saturated carbocycles. The number of carbonyl (C=O) groups excluding carboxylic acids is 1. The van der Waals surface area contributed by atoms with Crippen LogP contribution in [0.25, 0.3) is 0 Å². The second-order valence-corrected chi connectivity index (χ2v) is 12.8. The number of halogens is 2. The van der Waals surface area contributed by atoms with Crippen molar-refractivity contribution in [2.75, 3.05) is 18.1 Å². The zero-order valence-electron chi connectivity index (χ0n) is 22.9. The predicted molar refractivity (Wildman–Crippen MR) is 167 cm³/mol. The zero-order chi connectivity index (χ0) is 28.5. The van der Waals surface area contributed by atoms with Crippen LogP contribution in [0, 0.1) is 11.8 Å². The summed E-state index contributed by atoms with van der Waals surface area (Å²) in [5.74, 6) is 1.50. The monoisotopic (exact) mass is 603 g/mol. The fourth-order valence-electron chi connectivity index (χ4n) is 5.79. The van der Waals surface area contributed by atoms with E-state index in [0.29, 0.717) is 34.2 Å². The van der Waals surface area contributed by atoms with Gasteiger partial charge >= 0.3 is 0 Å². The summed E-state index contributed by atoms with van der Waals surface area (Å²) in [6.07, 6.45) is 0.918. The Morgan fingerprint density at radius 2 is 1.61 bits per heavy atom. The Bertz CT molecular complexity index is 1530.